The van der Waals surface area contributed by atoms with Crippen molar-refractivity contribution < 1.29 is 4.79 Å². The summed E-state index contributed by atoms with van der Waals surface area (Å²) >= 11 is 1.47. The van der Waals surface area contributed by atoms with Gasteiger partial charge in [0.2, 0.25) is 0 Å². The molecule has 1 aliphatic rings. The predicted molar refractivity (Wildman–Crippen MR) is 110 cm³/mol. The highest BCUT2D eigenvalue weighted by Gasteiger charge is 2.23. The van der Waals surface area contributed by atoms with E-state index >= 15 is 0 Å². The number of carbonyl (C=O) groups excluding carboxylic acids is 1. The molecule has 1 amide bonds. The second-order valence-corrected chi connectivity index (χ2v) is 7.56. The van der Waals surface area contributed by atoms with Gasteiger partial charge < -0.3 is 10.6 Å². The van der Waals surface area contributed by atoms with Crippen molar-refractivity contribution in [1.29, 1.82) is 0 Å². The van der Waals surface area contributed by atoms with E-state index in [2.05, 4.69) is 31.1 Å². The summed E-state index contributed by atoms with van der Waals surface area (Å²) in [4.78, 5) is 12.5. The molecule has 10 heteroatoms. The molecule has 0 radical (unpaired) electrons. The highest BCUT2D eigenvalue weighted by Crippen LogP contribution is 2.23. The first-order valence-corrected chi connectivity index (χ1v) is 9.82. The number of rotatable bonds is 5. The van der Waals surface area contributed by atoms with Crippen LogP contribution in [0.5, 0.6) is 0 Å². The Morgan fingerprint density at radius 1 is 1.21 bits per heavy atom. The Labute approximate surface area is 173 Å². The van der Waals surface area contributed by atoms with Crippen LogP contribution in [0.2, 0.25) is 0 Å². The maximum absolute atomic E-state index is 12.5. The van der Waals surface area contributed by atoms with Crippen molar-refractivity contribution in [2.75, 3.05) is 13.1 Å². The highest BCUT2D eigenvalue weighted by atomic mass is 35.5. The van der Waals surface area contributed by atoms with Crippen molar-refractivity contribution in [2.45, 2.75) is 32.4 Å². The molecule has 4 rings (SSSR count). The van der Waals surface area contributed by atoms with Crippen molar-refractivity contribution in [3.05, 3.63) is 46.7 Å². The van der Waals surface area contributed by atoms with Gasteiger partial charge in [-0.1, -0.05) is 46.9 Å². The van der Waals surface area contributed by atoms with E-state index in [1.807, 2.05) is 41.9 Å². The van der Waals surface area contributed by atoms with Crippen LogP contribution in [0.1, 0.15) is 40.1 Å². The zero-order chi connectivity index (χ0) is 18.6. The molecule has 8 nitrogen and oxygen atoms in total. The van der Waals surface area contributed by atoms with Crippen molar-refractivity contribution in [3.8, 4) is 10.6 Å². The van der Waals surface area contributed by atoms with Crippen LogP contribution in [-0.2, 0) is 6.54 Å². The zero-order valence-corrected chi connectivity index (χ0v) is 17.1. The van der Waals surface area contributed by atoms with Crippen LogP contribution in [0.15, 0.2) is 30.3 Å². The average molecular weight is 420 g/mol. The summed E-state index contributed by atoms with van der Waals surface area (Å²) < 4.78 is 1.88. The minimum atomic E-state index is -0.232. The van der Waals surface area contributed by atoms with Gasteiger partial charge in [0, 0.05) is 5.56 Å². The number of amides is 1. The number of hydrogen-bond acceptors (Lipinski definition) is 7. The monoisotopic (exact) mass is 419 g/mol. The summed E-state index contributed by atoms with van der Waals surface area (Å²) in [6.45, 7) is 4.15. The number of halogens is 1. The molecule has 0 bridgehead atoms. The number of nitrogens with zero attached hydrogens (tertiary/aromatic N) is 5. The van der Waals surface area contributed by atoms with Crippen LogP contribution in [0.3, 0.4) is 0 Å². The smallest absolute Gasteiger partial charge is 0.274 e. The van der Waals surface area contributed by atoms with Crippen LogP contribution >= 0.6 is 23.7 Å². The quantitative estimate of drug-likeness (QED) is 0.658. The summed E-state index contributed by atoms with van der Waals surface area (Å²) in [5.41, 5.74) is 2.20. The van der Waals surface area contributed by atoms with Crippen molar-refractivity contribution in [1.82, 2.24) is 35.8 Å². The molecular formula is C18H22ClN7OS. The first-order chi connectivity index (χ1) is 13.2. The van der Waals surface area contributed by atoms with E-state index in [1.54, 1.807) is 0 Å². The molecule has 1 aromatic carbocycles. The second-order valence-electron chi connectivity index (χ2n) is 6.50. The lowest BCUT2D eigenvalue weighted by Crippen LogP contribution is -2.30. The first-order valence-electron chi connectivity index (χ1n) is 9.01. The molecule has 0 aliphatic carbocycles. The van der Waals surface area contributed by atoms with E-state index in [4.69, 9.17) is 0 Å². The van der Waals surface area contributed by atoms with Gasteiger partial charge in [-0.2, -0.15) is 0 Å². The van der Waals surface area contributed by atoms with E-state index in [1.165, 1.54) is 11.3 Å². The Hall–Kier alpha value is -2.36. The van der Waals surface area contributed by atoms with Crippen LogP contribution in [0.4, 0.5) is 0 Å². The molecule has 3 heterocycles. The van der Waals surface area contributed by atoms with Gasteiger partial charge in [-0.25, -0.2) is 4.68 Å². The molecule has 1 fully saturated rings. The third kappa shape index (κ3) is 4.37. The van der Waals surface area contributed by atoms with Gasteiger partial charge in [-0.3, -0.25) is 4.79 Å². The van der Waals surface area contributed by atoms with Gasteiger partial charge in [-0.05, 0) is 32.9 Å². The molecule has 2 aromatic heterocycles. The Morgan fingerprint density at radius 3 is 2.71 bits per heavy atom. The maximum atomic E-state index is 12.5. The van der Waals surface area contributed by atoms with E-state index in [9.17, 15) is 4.79 Å². The fourth-order valence-corrected chi connectivity index (χ4v) is 4.00. The van der Waals surface area contributed by atoms with Gasteiger partial charge in [0.15, 0.2) is 5.69 Å². The number of aromatic nitrogens is 5. The lowest BCUT2D eigenvalue weighted by Gasteiger charge is -2.23. The Bertz CT molecular complexity index is 921. The molecule has 2 N–H and O–H groups in total. The normalized spacial score (nSPS) is 14.5. The third-order valence-corrected chi connectivity index (χ3v) is 5.66. The van der Waals surface area contributed by atoms with E-state index in [0.29, 0.717) is 18.3 Å². The molecule has 28 heavy (non-hydrogen) atoms. The Morgan fingerprint density at radius 2 is 1.96 bits per heavy atom. The number of nitrogens with one attached hydrogen (secondary N) is 2. The van der Waals surface area contributed by atoms with Crippen LogP contribution < -0.4 is 10.6 Å². The van der Waals surface area contributed by atoms with Gasteiger partial charge in [-0.15, -0.1) is 27.7 Å². The molecule has 0 saturated carbocycles. The molecule has 148 valence electrons. The highest BCUT2D eigenvalue weighted by molar-refractivity contribution is 7.14. The lowest BCUT2D eigenvalue weighted by molar-refractivity contribution is 0.0945. The summed E-state index contributed by atoms with van der Waals surface area (Å²) in [6, 6.07) is 10.2. The molecule has 0 spiro atoms. The first kappa shape index (κ1) is 20.4. The molecule has 0 atom stereocenters. The van der Waals surface area contributed by atoms with E-state index in [0.717, 1.165) is 47.2 Å². The van der Waals surface area contributed by atoms with Crippen molar-refractivity contribution >= 4 is 29.7 Å². The molecule has 0 unspecified atom stereocenters. The summed E-state index contributed by atoms with van der Waals surface area (Å²) in [7, 11) is 0. The van der Waals surface area contributed by atoms with Gasteiger partial charge in [0.1, 0.15) is 10.0 Å². The molecule has 3 aromatic rings. The largest absolute Gasteiger partial charge is 0.344 e. The Balaban J connectivity index is 0.00000225. The van der Waals surface area contributed by atoms with Crippen LogP contribution in [0, 0.1) is 6.92 Å². The van der Waals surface area contributed by atoms with E-state index < -0.39 is 0 Å². The minimum Gasteiger partial charge on any atom is -0.344 e. The standard InChI is InChI=1S/C18H21N7OS.ClH/c1-12-16(22-24-25(12)14-7-9-19-10-8-14)17(26)20-11-15-21-23-18(27-15)13-5-3-2-4-6-13;/h2-6,14,19H,7-11H2,1H3,(H,20,26);1H. The summed E-state index contributed by atoms with van der Waals surface area (Å²) in [5.74, 6) is -0.232. The number of benzene rings is 1. The third-order valence-electron chi connectivity index (χ3n) is 4.68. The molecule has 1 saturated heterocycles. The Kier molecular flexibility index (Phi) is 6.71. The van der Waals surface area contributed by atoms with Gasteiger partial charge in [0.05, 0.1) is 18.3 Å². The zero-order valence-electron chi connectivity index (χ0n) is 15.5. The summed E-state index contributed by atoms with van der Waals surface area (Å²) in [5, 5.41) is 24.5. The maximum Gasteiger partial charge on any atom is 0.274 e. The minimum absolute atomic E-state index is 0. The predicted octanol–water partition coefficient (Wildman–Crippen LogP) is 2.38. The average Bonchev–Trinajstić information content (AvgIpc) is 3.34. The molecule has 1 aliphatic heterocycles. The number of piperidine rings is 1. The lowest BCUT2D eigenvalue weighted by atomic mass is 10.1. The molecular weight excluding hydrogens is 398 g/mol. The number of hydrogen-bond donors (Lipinski definition) is 2. The fourth-order valence-electron chi connectivity index (χ4n) is 3.21. The SMILES string of the molecule is Cc1c(C(=O)NCc2nnc(-c3ccccc3)s2)nnn1C1CCNCC1.Cl. The number of carbonyl (C=O) groups is 1. The topological polar surface area (TPSA) is 97.6 Å². The summed E-state index contributed by atoms with van der Waals surface area (Å²) in [6.07, 6.45) is 2.00. The fraction of sp³-hybridized carbons (Fsp3) is 0.389. The second kappa shape index (κ2) is 9.22. The van der Waals surface area contributed by atoms with Crippen LogP contribution in [-0.4, -0.2) is 44.2 Å². The van der Waals surface area contributed by atoms with Gasteiger partial charge >= 0.3 is 0 Å². The van der Waals surface area contributed by atoms with Crippen LogP contribution in [0.25, 0.3) is 10.6 Å². The van der Waals surface area contributed by atoms with Crippen molar-refractivity contribution in [3.63, 3.8) is 0 Å². The van der Waals surface area contributed by atoms with E-state index in [-0.39, 0.29) is 18.3 Å². The van der Waals surface area contributed by atoms with Crippen molar-refractivity contribution in [2.24, 2.45) is 0 Å². The van der Waals surface area contributed by atoms with Gasteiger partial charge in [0.25, 0.3) is 5.91 Å².